The van der Waals surface area contributed by atoms with Gasteiger partial charge in [-0.2, -0.15) is 5.26 Å². The maximum atomic E-state index is 12.6. The summed E-state index contributed by atoms with van der Waals surface area (Å²) in [5.74, 6) is -2.44. The van der Waals surface area contributed by atoms with Crippen LogP contribution in [0.1, 0.15) is 27.2 Å². The number of nitriles is 1. The highest BCUT2D eigenvalue weighted by molar-refractivity contribution is 6.21. The number of nitrogen functional groups attached to an aromatic ring is 1. The lowest BCUT2D eigenvalue weighted by molar-refractivity contribution is -0.139. The molecule has 8 heteroatoms. The largest absolute Gasteiger partial charge is 0.480 e. The van der Waals surface area contributed by atoms with E-state index in [4.69, 9.17) is 5.73 Å². The SMILES string of the molecule is CC(=O)N(C(=O)/C(C#N)=C\NC(CC(C)C)C(=O)O)c1ccc(N)cc1. The highest BCUT2D eigenvalue weighted by Gasteiger charge is 2.25. The molecule has 8 nitrogen and oxygen atoms in total. The minimum atomic E-state index is -1.10. The van der Waals surface area contributed by atoms with Gasteiger partial charge in [0.05, 0.1) is 5.69 Å². The number of hydrogen-bond donors (Lipinski definition) is 3. The standard InChI is InChI=1S/C18H22N4O4/c1-11(2)8-16(18(25)26)21-10-13(9-19)17(24)22(12(3)23)15-6-4-14(20)5-7-15/h4-7,10-11,16,21H,8,20H2,1-3H3,(H,25,26)/b13-10-. The number of amides is 2. The van der Waals surface area contributed by atoms with Crippen LogP contribution in [0, 0.1) is 17.2 Å². The van der Waals surface area contributed by atoms with Crippen LogP contribution in [-0.2, 0) is 14.4 Å². The van der Waals surface area contributed by atoms with Crippen molar-refractivity contribution in [2.45, 2.75) is 33.2 Å². The van der Waals surface area contributed by atoms with Gasteiger partial charge in [-0.05, 0) is 36.6 Å². The highest BCUT2D eigenvalue weighted by Crippen LogP contribution is 2.19. The number of nitrogens with two attached hydrogens (primary N) is 1. The van der Waals surface area contributed by atoms with E-state index in [1.807, 2.05) is 13.8 Å². The van der Waals surface area contributed by atoms with Gasteiger partial charge in [-0.15, -0.1) is 0 Å². The Bertz CT molecular complexity index is 747. The van der Waals surface area contributed by atoms with E-state index in [1.165, 1.54) is 31.2 Å². The molecule has 4 N–H and O–H groups in total. The van der Waals surface area contributed by atoms with Crippen LogP contribution in [-0.4, -0.2) is 28.9 Å². The zero-order valence-electron chi connectivity index (χ0n) is 14.9. The Kier molecular flexibility index (Phi) is 7.34. The number of carboxylic acid groups (broad SMARTS) is 1. The molecule has 0 bridgehead atoms. The van der Waals surface area contributed by atoms with Gasteiger partial charge in [0.2, 0.25) is 5.91 Å². The Hall–Kier alpha value is -3.34. The first kappa shape index (κ1) is 20.7. The smallest absolute Gasteiger partial charge is 0.326 e. The summed E-state index contributed by atoms with van der Waals surface area (Å²) in [4.78, 5) is 36.6. The number of anilines is 2. The Labute approximate surface area is 151 Å². The van der Waals surface area contributed by atoms with Gasteiger partial charge in [0.25, 0.3) is 5.91 Å². The minimum absolute atomic E-state index is 0.0988. The van der Waals surface area contributed by atoms with Crippen LogP contribution in [0.3, 0.4) is 0 Å². The molecule has 0 aliphatic carbocycles. The Morgan fingerprint density at radius 1 is 1.31 bits per heavy atom. The van der Waals surface area contributed by atoms with Crippen molar-refractivity contribution in [1.29, 1.82) is 5.26 Å². The summed E-state index contributed by atoms with van der Waals surface area (Å²) in [6.45, 7) is 4.90. The van der Waals surface area contributed by atoms with Crippen molar-refractivity contribution in [3.8, 4) is 6.07 Å². The highest BCUT2D eigenvalue weighted by atomic mass is 16.4. The molecule has 138 valence electrons. The summed E-state index contributed by atoms with van der Waals surface area (Å²) in [5.41, 5.74) is 5.93. The quantitative estimate of drug-likeness (QED) is 0.383. The fourth-order valence-electron chi connectivity index (χ4n) is 2.22. The van der Waals surface area contributed by atoms with Gasteiger partial charge in [-0.25, -0.2) is 9.69 Å². The fraction of sp³-hybridized carbons (Fsp3) is 0.333. The third-order valence-corrected chi connectivity index (χ3v) is 3.45. The van der Waals surface area contributed by atoms with E-state index in [-0.39, 0.29) is 17.2 Å². The zero-order valence-corrected chi connectivity index (χ0v) is 14.9. The van der Waals surface area contributed by atoms with Crippen LogP contribution >= 0.6 is 0 Å². The molecular weight excluding hydrogens is 336 g/mol. The van der Waals surface area contributed by atoms with E-state index in [2.05, 4.69) is 5.32 Å². The maximum Gasteiger partial charge on any atom is 0.326 e. The van der Waals surface area contributed by atoms with Gasteiger partial charge < -0.3 is 16.2 Å². The number of hydrogen-bond acceptors (Lipinski definition) is 6. The van der Waals surface area contributed by atoms with Crippen molar-refractivity contribution in [3.05, 3.63) is 36.0 Å². The number of carbonyl (C=O) groups is 3. The summed E-state index contributed by atoms with van der Waals surface area (Å²) in [5, 5.41) is 21.1. The van der Waals surface area contributed by atoms with Crippen LogP contribution in [0.25, 0.3) is 0 Å². The molecule has 0 fully saturated rings. The van der Waals surface area contributed by atoms with Crippen LogP contribution < -0.4 is 16.0 Å². The van der Waals surface area contributed by atoms with Crippen molar-refractivity contribution >= 4 is 29.2 Å². The molecule has 0 heterocycles. The van der Waals surface area contributed by atoms with E-state index in [0.717, 1.165) is 11.1 Å². The number of carbonyl (C=O) groups excluding carboxylic acids is 2. The second kappa shape index (κ2) is 9.22. The van der Waals surface area contributed by atoms with Gasteiger partial charge in [0, 0.05) is 18.8 Å². The lowest BCUT2D eigenvalue weighted by Gasteiger charge is -2.20. The monoisotopic (exact) mass is 358 g/mol. The summed E-state index contributed by atoms with van der Waals surface area (Å²) < 4.78 is 0. The third kappa shape index (κ3) is 5.63. The number of imide groups is 1. The molecule has 0 aliphatic rings. The normalized spacial score (nSPS) is 12.2. The number of aliphatic carboxylic acids is 1. The molecular formula is C18H22N4O4. The molecule has 0 saturated heterocycles. The number of nitrogens with one attached hydrogen (secondary N) is 1. The fourth-order valence-corrected chi connectivity index (χ4v) is 2.22. The average molecular weight is 358 g/mol. The second-order valence-electron chi connectivity index (χ2n) is 6.11. The first-order valence-corrected chi connectivity index (χ1v) is 7.97. The van der Waals surface area contributed by atoms with Crippen LogP contribution in [0.4, 0.5) is 11.4 Å². The predicted molar refractivity (Wildman–Crippen MR) is 96.7 cm³/mol. The summed E-state index contributed by atoms with van der Waals surface area (Å²) in [7, 11) is 0. The topological polar surface area (TPSA) is 137 Å². The van der Waals surface area contributed by atoms with Crippen molar-refractivity contribution in [3.63, 3.8) is 0 Å². The van der Waals surface area contributed by atoms with Crippen molar-refractivity contribution < 1.29 is 19.5 Å². The lowest BCUT2D eigenvalue weighted by Crippen LogP contribution is -2.38. The molecule has 0 spiro atoms. The lowest BCUT2D eigenvalue weighted by atomic mass is 10.0. The second-order valence-corrected chi connectivity index (χ2v) is 6.11. The molecule has 1 aromatic rings. The van der Waals surface area contributed by atoms with Gasteiger partial charge in [0.15, 0.2) is 0 Å². The van der Waals surface area contributed by atoms with E-state index in [0.29, 0.717) is 12.1 Å². The Morgan fingerprint density at radius 3 is 2.31 bits per heavy atom. The van der Waals surface area contributed by atoms with Crippen molar-refractivity contribution in [2.24, 2.45) is 5.92 Å². The number of nitrogens with zero attached hydrogens (tertiary/aromatic N) is 2. The van der Waals surface area contributed by atoms with E-state index in [9.17, 15) is 24.8 Å². The van der Waals surface area contributed by atoms with Gasteiger partial charge >= 0.3 is 5.97 Å². The minimum Gasteiger partial charge on any atom is -0.480 e. The Morgan fingerprint density at radius 2 is 1.88 bits per heavy atom. The summed E-state index contributed by atoms with van der Waals surface area (Å²) in [6, 6.07) is 6.76. The third-order valence-electron chi connectivity index (χ3n) is 3.45. The van der Waals surface area contributed by atoms with Crippen LogP contribution in [0.2, 0.25) is 0 Å². The van der Waals surface area contributed by atoms with Crippen LogP contribution in [0.5, 0.6) is 0 Å². The molecule has 1 rings (SSSR count). The first-order valence-electron chi connectivity index (χ1n) is 7.97. The van der Waals surface area contributed by atoms with Crippen LogP contribution in [0.15, 0.2) is 36.0 Å². The molecule has 1 aromatic carbocycles. The molecule has 1 unspecified atom stereocenters. The summed E-state index contributed by atoms with van der Waals surface area (Å²) >= 11 is 0. The summed E-state index contributed by atoms with van der Waals surface area (Å²) in [6.07, 6.45) is 1.35. The predicted octanol–water partition coefficient (Wildman–Crippen LogP) is 1.64. The maximum absolute atomic E-state index is 12.6. The van der Waals surface area contributed by atoms with E-state index >= 15 is 0 Å². The van der Waals surface area contributed by atoms with E-state index < -0.39 is 23.8 Å². The van der Waals surface area contributed by atoms with Gasteiger partial charge in [-0.1, -0.05) is 13.8 Å². The zero-order chi connectivity index (χ0) is 19.9. The molecule has 0 aliphatic heterocycles. The molecule has 0 aromatic heterocycles. The molecule has 0 saturated carbocycles. The number of rotatable bonds is 7. The number of carboxylic acids is 1. The molecule has 2 amide bonds. The van der Waals surface area contributed by atoms with Crippen molar-refractivity contribution in [1.82, 2.24) is 5.32 Å². The average Bonchev–Trinajstić information content (AvgIpc) is 2.55. The molecule has 0 radical (unpaired) electrons. The number of benzene rings is 1. The van der Waals surface area contributed by atoms with Gasteiger partial charge in [0.1, 0.15) is 17.7 Å². The first-order chi connectivity index (χ1) is 12.2. The Balaban J connectivity index is 3.10. The van der Waals surface area contributed by atoms with Gasteiger partial charge in [-0.3, -0.25) is 9.59 Å². The van der Waals surface area contributed by atoms with E-state index in [1.54, 1.807) is 6.07 Å². The molecule has 1 atom stereocenters. The molecule has 26 heavy (non-hydrogen) atoms. The van der Waals surface area contributed by atoms with Crippen molar-refractivity contribution in [2.75, 3.05) is 10.6 Å².